The number of carboxylic acid groups (broad SMARTS) is 1. The fourth-order valence-electron chi connectivity index (χ4n) is 4.79. The van der Waals surface area contributed by atoms with Gasteiger partial charge in [0.05, 0.1) is 13.1 Å². The van der Waals surface area contributed by atoms with E-state index in [9.17, 15) is 53.1 Å². The molecular weight excluding hydrogens is 734 g/mol. The van der Waals surface area contributed by atoms with Crippen LogP contribution in [0.3, 0.4) is 0 Å². The van der Waals surface area contributed by atoms with Crippen LogP contribution >= 0.6 is 0 Å². The van der Waals surface area contributed by atoms with E-state index >= 15 is 0 Å². The Hall–Kier alpha value is -6.34. The first-order valence-electron chi connectivity index (χ1n) is 17.7. The third-order valence-electron chi connectivity index (χ3n) is 7.72. The number of aliphatic carboxylic acids is 1. The van der Waals surface area contributed by atoms with Crippen molar-refractivity contribution >= 4 is 59.1 Å². The van der Waals surface area contributed by atoms with Gasteiger partial charge < -0.3 is 53.4 Å². The molecule has 56 heavy (non-hydrogen) atoms. The molecule has 20 nitrogen and oxygen atoms in total. The summed E-state index contributed by atoms with van der Waals surface area (Å²) in [5.41, 5.74) is 6.03. The van der Waals surface area contributed by atoms with E-state index in [-0.39, 0.29) is 24.7 Å². The maximum atomic E-state index is 13.3. The molecule has 20 heteroatoms. The molecule has 1 rings (SSSR count). The Morgan fingerprint density at radius 2 is 1.25 bits per heavy atom. The van der Waals surface area contributed by atoms with Gasteiger partial charge in [-0.2, -0.15) is 0 Å². The lowest BCUT2D eigenvalue weighted by Crippen LogP contribution is -2.59. The summed E-state index contributed by atoms with van der Waals surface area (Å²) in [6.45, 7) is 7.87. The maximum absolute atomic E-state index is 13.3. The Morgan fingerprint density at radius 3 is 1.80 bits per heavy atom. The highest BCUT2D eigenvalue weighted by Crippen LogP contribution is 2.07. The highest BCUT2D eigenvalue weighted by Gasteiger charge is 2.30. The highest BCUT2D eigenvalue weighted by molar-refractivity contribution is 6.00. The smallest absolute Gasteiger partial charge is 0.326 e. The summed E-state index contributed by atoms with van der Waals surface area (Å²) < 4.78 is 0. The van der Waals surface area contributed by atoms with Crippen molar-refractivity contribution in [2.24, 2.45) is 17.6 Å². The van der Waals surface area contributed by atoms with Crippen molar-refractivity contribution in [2.45, 2.75) is 84.6 Å². The molecule has 308 valence electrons. The molecule has 0 aromatic heterocycles. The number of amides is 9. The van der Waals surface area contributed by atoms with Crippen LogP contribution in [0.5, 0.6) is 0 Å². The quantitative estimate of drug-likeness (QED) is 0.0495. The first-order chi connectivity index (χ1) is 26.2. The molecule has 0 unspecified atom stereocenters. The number of carbonyl (C=O) groups excluding carboxylic acids is 9. The van der Waals surface area contributed by atoms with Crippen LogP contribution in [-0.4, -0.2) is 114 Å². The number of carbonyl (C=O) groups is 10. The molecule has 0 radical (unpaired) electrons. The monoisotopic (exact) mass is 787 g/mol. The molecule has 0 heterocycles. The molecule has 0 saturated carbocycles. The standard InChI is InChI=1S/C36H53N9O11/c1-19(2)14-24(34(53)41-21(5)33(52)45-31(20(3)4)32(37)51)44-35(54)26(16-38-22(6)46)43-28(48)13-12-27(47)39-17-29(49)40-18-30(50)42-25(36(55)56)15-23-10-8-7-9-11-23/h7-13,19-21,24-26,31H,14-18H2,1-6H3,(H2,37,51)(H,38,46)(H,39,47)(H,40,49)(H,41,53)(H,42,50)(H,43,48)(H,44,54)(H,45,52)(H,55,56)/b13-12+/t21-,24-,25-,26-,31-/m0/s1. The van der Waals surface area contributed by atoms with Gasteiger partial charge in [-0.1, -0.05) is 58.0 Å². The van der Waals surface area contributed by atoms with Gasteiger partial charge in [-0.25, -0.2) is 4.79 Å². The largest absolute Gasteiger partial charge is 0.480 e. The van der Waals surface area contributed by atoms with E-state index in [4.69, 9.17) is 5.73 Å². The van der Waals surface area contributed by atoms with Gasteiger partial charge in [0.15, 0.2) is 0 Å². The van der Waals surface area contributed by atoms with E-state index in [0.717, 1.165) is 12.2 Å². The fourth-order valence-corrected chi connectivity index (χ4v) is 4.79. The lowest BCUT2D eigenvalue weighted by molar-refractivity contribution is -0.141. The van der Waals surface area contributed by atoms with Crippen LogP contribution in [0.25, 0.3) is 0 Å². The molecule has 1 aromatic rings. The second kappa shape index (κ2) is 24.1. The van der Waals surface area contributed by atoms with Crippen LogP contribution in [0.1, 0.15) is 53.5 Å². The number of nitrogens with two attached hydrogens (primary N) is 1. The summed E-state index contributed by atoms with van der Waals surface area (Å²) in [5.74, 6) is -8.77. The molecule has 0 fully saturated rings. The maximum Gasteiger partial charge on any atom is 0.326 e. The second-order valence-corrected chi connectivity index (χ2v) is 13.5. The molecule has 11 N–H and O–H groups in total. The minimum atomic E-state index is -1.44. The molecule has 5 atom stereocenters. The number of nitrogens with one attached hydrogen (secondary N) is 8. The Kier molecular flexibility index (Phi) is 20.6. The van der Waals surface area contributed by atoms with Crippen LogP contribution < -0.4 is 48.3 Å². The average molecular weight is 788 g/mol. The zero-order valence-corrected chi connectivity index (χ0v) is 32.2. The predicted octanol–water partition coefficient (Wildman–Crippen LogP) is -3.13. The van der Waals surface area contributed by atoms with Crippen LogP contribution in [0, 0.1) is 11.8 Å². The van der Waals surface area contributed by atoms with Crippen molar-refractivity contribution in [2.75, 3.05) is 19.6 Å². The van der Waals surface area contributed by atoms with Crippen LogP contribution in [-0.2, 0) is 54.4 Å². The normalized spacial score (nSPS) is 13.6. The van der Waals surface area contributed by atoms with Gasteiger partial charge in [0, 0.05) is 32.0 Å². The summed E-state index contributed by atoms with van der Waals surface area (Å²) in [4.78, 5) is 123. The number of rotatable bonds is 23. The molecule has 9 amide bonds. The minimum Gasteiger partial charge on any atom is -0.480 e. The summed E-state index contributed by atoms with van der Waals surface area (Å²) in [6, 6.07) is 2.60. The molecule has 0 bridgehead atoms. The molecule has 1 aromatic carbocycles. The molecule has 0 aliphatic rings. The second-order valence-electron chi connectivity index (χ2n) is 13.5. The zero-order chi connectivity index (χ0) is 42.5. The summed E-state index contributed by atoms with van der Waals surface area (Å²) in [7, 11) is 0. The molecular formula is C36H53N9O11. The van der Waals surface area contributed by atoms with E-state index in [1.165, 1.54) is 13.8 Å². The number of carboxylic acids is 1. The Bertz CT molecular complexity index is 1620. The first-order valence-corrected chi connectivity index (χ1v) is 17.7. The third-order valence-corrected chi connectivity index (χ3v) is 7.72. The lowest BCUT2D eigenvalue weighted by atomic mass is 10.0. The highest BCUT2D eigenvalue weighted by atomic mass is 16.4. The van der Waals surface area contributed by atoms with E-state index in [1.54, 1.807) is 58.0 Å². The number of hydrogen-bond acceptors (Lipinski definition) is 10. The molecule has 0 aliphatic heterocycles. The van der Waals surface area contributed by atoms with Crippen LogP contribution in [0.2, 0.25) is 0 Å². The zero-order valence-electron chi connectivity index (χ0n) is 32.2. The Labute approximate surface area is 324 Å². The lowest BCUT2D eigenvalue weighted by Gasteiger charge is -2.26. The van der Waals surface area contributed by atoms with Crippen LogP contribution in [0.15, 0.2) is 42.5 Å². The van der Waals surface area contributed by atoms with Crippen molar-refractivity contribution in [3.63, 3.8) is 0 Å². The molecule has 0 spiro atoms. The average Bonchev–Trinajstić information content (AvgIpc) is 3.11. The predicted molar refractivity (Wildman–Crippen MR) is 200 cm³/mol. The van der Waals surface area contributed by atoms with Gasteiger partial charge in [0.1, 0.15) is 30.2 Å². The van der Waals surface area contributed by atoms with Crippen molar-refractivity contribution in [1.29, 1.82) is 0 Å². The van der Waals surface area contributed by atoms with Crippen molar-refractivity contribution in [1.82, 2.24) is 42.5 Å². The van der Waals surface area contributed by atoms with Gasteiger partial charge in [-0.3, -0.25) is 43.2 Å². The van der Waals surface area contributed by atoms with Crippen molar-refractivity contribution in [3.8, 4) is 0 Å². The number of hydrogen-bond donors (Lipinski definition) is 10. The summed E-state index contributed by atoms with van der Waals surface area (Å²) >= 11 is 0. The van der Waals surface area contributed by atoms with E-state index in [0.29, 0.717) is 5.56 Å². The van der Waals surface area contributed by atoms with Gasteiger partial charge in [-0.15, -0.1) is 0 Å². The van der Waals surface area contributed by atoms with Gasteiger partial charge in [-0.05, 0) is 30.7 Å². The topological polar surface area (TPSA) is 313 Å². The molecule has 0 saturated heterocycles. The van der Waals surface area contributed by atoms with Gasteiger partial charge in [0.25, 0.3) is 0 Å². The van der Waals surface area contributed by atoms with Gasteiger partial charge >= 0.3 is 5.97 Å². The number of primary amides is 1. The minimum absolute atomic E-state index is 0.0156. The SMILES string of the molecule is CC(=O)NC[C@H](NC(=O)/C=C/C(=O)NCC(=O)NCC(=O)N[C@@H](Cc1ccccc1)C(=O)O)C(=O)N[C@@H](CC(C)C)C(=O)N[C@@H](C)C(=O)N[C@H](C(N)=O)C(C)C. The van der Waals surface area contributed by atoms with E-state index in [1.807, 2.05) is 0 Å². The summed E-state index contributed by atoms with van der Waals surface area (Å²) in [5, 5.41) is 28.4. The summed E-state index contributed by atoms with van der Waals surface area (Å²) in [6.07, 6.45) is 1.63. The third kappa shape index (κ3) is 19.1. The Morgan fingerprint density at radius 1 is 0.661 bits per heavy atom. The number of benzene rings is 1. The fraction of sp³-hybridized carbons (Fsp3) is 0.500. The van der Waals surface area contributed by atoms with E-state index < -0.39 is 109 Å². The van der Waals surface area contributed by atoms with Crippen LogP contribution in [0.4, 0.5) is 0 Å². The first kappa shape index (κ1) is 47.7. The van der Waals surface area contributed by atoms with Crippen molar-refractivity contribution in [3.05, 3.63) is 48.0 Å². The van der Waals surface area contributed by atoms with E-state index in [2.05, 4.69) is 42.5 Å². The molecule has 0 aliphatic carbocycles. The van der Waals surface area contributed by atoms with Gasteiger partial charge in [0.2, 0.25) is 53.2 Å². The Balaban J connectivity index is 2.79. The van der Waals surface area contributed by atoms with Crippen molar-refractivity contribution < 1.29 is 53.1 Å².